The van der Waals surface area contributed by atoms with E-state index in [0.29, 0.717) is 18.5 Å². The maximum Gasteiger partial charge on any atom is 0.307 e. The minimum Gasteiger partial charge on any atom is -0.481 e. The number of anilines is 2. The number of aromatic nitrogens is 1. The summed E-state index contributed by atoms with van der Waals surface area (Å²) in [6.45, 7) is 1.99. The van der Waals surface area contributed by atoms with Gasteiger partial charge in [-0.05, 0) is 50.1 Å². The van der Waals surface area contributed by atoms with Crippen LogP contribution < -0.4 is 10.6 Å². The number of fused-ring (bicyclic) bond motifs is 1. The van der Waals surface area contributed by atoms with Crippen LogP contribution in [-0.4, -0.2) is 33.6 Å². The van der Waals surface area contributed by atoms with Crippen LogP contribution in [0.15, 0.2) is 46.8 Å². The normalized spacial score (nSPS) is 18.1. The highest BCUT2D eigenvalue weighted by Crippen LogP contribution is 2.33. The van der Waals surface area contributed by atoms with Gasteiger partial charge in [0.05, 0.1) is 27.8 Å². The fourth-order valence-corrected chi connectivity index (χ4v) is 5.89. The van der Waals surface area contributed by atoms with Crippen LogP contribution in [0, 0.1) is 18.8 Å². The summed E-state index contributed by atoms with van der Waals surface area (Å²) in [6, 6.07) is 13.1. The van der Waals surface area contributed by atoms with Crippen LogP contribution in [0.5, 0.6) is 0 Å². The van der Waals surface area contributed by atoms with Gasteiger partial charge in [-0.15, -0.1) is 11.3 Å². The monoisotopic (exact) mass is 483 g/mol. The summed E-state index contributed by atoms with van der Waals surface area (Å²) in [4.78, 5) is 41.0. The van der Waals surface area contributed by atoms with E-state index in [0.717, 1.165) is 38.6 Å². The zero-order chi connectivity index (χ0) is 23.4. The second-order valence-corrected chi connectivity index (χ2v) is 10.4. The number of carboxylic acids is 1. The Morgan fingerprint density at radius 1 is 1.03 bits per heavy atom. The van der Waals surface area contributed by atoms with Gasteiger partial charge >= 0.3 is 5.97 Å². The van der Waals surface area contributed by atoms with Crippen molar-refractivity contribution in [2.75, 3.05) is 16.4 Å². The highest BCUT2D eigenvalue weighted by molar-refractivity contribution is 8.01. The van der Waals surface area contributed by atoms with Gasteiger partial charge in [-0.3, -0.25) is 14.4 Å². The molecular weight excluding hydrogens is 458 g/mol. The number of hydrogen-bond acceptors (Lipinski definition) is 6. The average Bonchev–Trinajstić information content (AvgIpc) is 3.21. The molecular formula is C24H25N3O4S2. The number of carbonyl (C=O) groups is 3. The number of amides is 2. The van der Waals surface area contributed by atoms with E-state index in [2.05, 4.69) is 15.6 Å². The predicted molar refractivity (Wildman–Crippen MR) is 132 cm³/mol. The highest BCUT2D eigenvalue weighted by atomic mass is 32.2. The molecule has 1 aliphatic rings. The molecule has 0 saturated heterocycles. The summed E-state index contributed by atoms with van der Waals surface area (Å²) >= 11 is 2.82. The quantitative estimate of drug-likeness (QED) is 0.400. The smallest absolute Gasteiger partial charge is 0.307 e. The maximum absolute atomic E-state index is 12.7. The van der Waals surface area contributed by atoms with Gasteiger partial charge in [0.2, 0.25) is 11.8 Å². The van der Waals surface area contributed by atoms with Gasteiger partial charge in [0.15, 0.2) is 4.34 Å². The number of nitrogens with one attached hydrogen (secondary N) is 2. The van der Waals surface area contributed by atoms with Crippen molar-refractivity contribution in [1.29, 1.82) is 0 Å². The molecule has 3 aromatic rings. The third-order valence-corrected chi connectivity index (χ3v) is 7.88. The first-order chi connectivity index (χ1) is 15.9. The van der Waals surface area contributed by atoms with Crippen molar-refractivity contribution >= 4 is 62.5 Å². The number of carboxylic acid groups (broad SMARTS) is 1. The molecule has 0 unspecified atom stereocenters. The van der Waals surface area contributed by atoms with E-state index in [1.165, 1.54) is 23.1 Å². The van der Waals surface area contributed by atoms with E-state index in [1.54, 1.807) is 6.07 Å². The molecule has 7 nitrogen and oxygen atoms in total. The molecule has 2 amide bonds. The Morgan fingerprint density at radius 3 is 2.45 bits per heavy atom. The largest absolute Gasteiger partial charge is 0.481 e. The molecule has 1 aromatic heterocycles. The van der Waals surface area contributed by atoms with Crippen LogP contribution in [0.1, 0.15) is 31.2 Å². The lowest BCUT2D eigenvalue weighted by atomic mass is 9.78. The number of nitrogens with zero attached hydrogens (tertiary/aromatic N) is 1. The summed E-state index contributed by atoms with van der Waals surface area (Å²) in [5, 5.41) is 15.2. The van der Waals surface area contributed by atoms with Crippen molar-refractivity contribution in [2.45, 2.75) is 36.9 Å². The molecule has 2 aromatic carbocycles. The summed E-state index contributed by atoms with van der Waals surface area (Å²) in [7, 11) is 0. The summed E-state index contributed by atoms with van der Waals surface area (Å²) in [5.74, 6) is -2.13. The number of hydrogen-bond donors (Lipinski definition) is 3. The zero-order valence-electron chi connectivity index (χ0n) is 18.2. The van der Waals surface area contributed by atoms with E-state index < -0.39 is 17.8 Å². The van der Waals surface area contributed by atoms with Crippen molar-refractivity contribution in [3.8, 4) is 0 Å². The van der Waals surface area contributed by atoms with Crippen LogP contribution in [0.25, 0.3) is 10.2 Å². The van der Waals surface area contributed by atoms with E-state index in [9.17, 15) is 19.5 Å². The number of carbonyl (C=O) groups excluding carboxylic acids is 2. The number of benzene rings is 2. The first-order valence-corrected chi connectivity index (χ1v) is 12.6. The molecule has 33 heavy (non-hydrogen) atoms. The Bertz CT molecular complexity index is 1180. The Kier molecular flexibility index (Phi) is 7.29. The molecule has 4 rings (SSSR count). The summed E-state index contributed by atoms with van der Waals surface area (Å²) in [5.41, 5.74) is 3.31. The number of rotatable bonds is 7. The van der Waals surface area contributed by atoms with E-state index >= 15 is 0 Å². The fourth-order valence-electron chi connectivity index (χ4n) is 3.98. The van der Waals surface area contributed by atoms with Gasteiger partial charge < -0.3 is 15.7 Å². The van der Waals surface area contributed by atoms with Crippen LogP contribution >= 0.6 is 23.1 Å². The molecule has 0 spiro atoms. The van der Waals surface area contributed by atoms with Crippen LogP contribution in [0.2, 0.25) is 0 Å². The fraction of sp³-hybridized carbons (Fsp3) is 0.333. The van der Waals surface area contributed by atoms with Crippen molar-refractivity contribution in [2.24, 2.45) is 11.8 Å². The van der Waals surface area contributed by atoms with Gasteiger partial charge in [-0.2, -0.15) is 0 Å². The lowest BCUT2D eigenvalue weighted by Gasteiger charge is -2.27. The Morgan fingerprint density at radius 2 is 1.73 bits per heavy atom. The lowest BCUT2D eigenvalue weighted by molar-refractivity contribution is -0.147. The Labute approximate surface area is 200 Å². The molecule has 0 aliphatic heterocycles. The van der Waals surface area contributed by atoms with Gasteiger partial charge in [0, 0.05) is 11.4 Å². The number of thioether (sulfide) groups is 1. The van der Waals surface area contributed by atoms with Gasteiger partial charge in [0.25, 0.3) is 0 Å². The third-order valence-electron chi connectivity index (χ3n) is 5.72. The first-order valence-electron chi connectivity index (χ1n) is 10.8. The van der Waals surface area contributed by atoms with E-state index in [4.69, 9.17) is 0 Å². The molecule has 1 heterocycles. The lowest BCUT2D eigenvalue weighted by Crippen LogP contribution is -2.36. The molecule has 0 bridgehead atoms. The van der Waals surface area contributed by atoms with Gasteiger partial charge in [-0.25, -0.2) is 4.98 Å². The van der Waals surface area contributed by atoms with E-state index in [-0.39, 0.29) is 17.6 Å². The van der Waals surface area contributed by atoms with E-state index in [1.807, 2.05) is 43.3 Å². The first kappa shape index (κ1) is 23.3. The molecule has 0 radical (unpaired) electrons. The maximum atomic E-state index is 12.7. The Hall–Kier alpha value is -2.91. The molecule has 3 N–H and O–H groups in total. The van der Waals surface area contributed by atoms with Gasteiger partial charge in [0.1, 0.15) is 0 Å². The van der Waals surface area contributed by atoms with Crippen molar-refractivity contribution < 1.29 is 19.5 Å². The third kappa shape index (κ3) is 5.91. The number of aliphatic carboxylic acids is 1. The Balaban J connectivity index is 1.36. The van der Waals surface area contributed by atoms with Crippen molar-refractivity contribution in [3.05, 3.63) is 48.0 Å². The topological polar surface area (TPSA) is 108 Å². The number of aryl methyl sites for hydroxylation is 1. The minimum absolute atomic E-state index is 0.100. The molecule has 172 valence electrons. The number of thiazole rings is 1. The van der Waals surface area contributed by atoms with Crippen LogP contribution in [0.4, 0.5) is 11.4 Å². The summed E-state index contributed by atoms with van der Waals surface area (Å²) in [6.07, 6.45) is 2.85. The van der Waals surface area contributed by atoms with Gasteiger partial charge in [-0.1, -0.05) is 42.3 Å². The van der Waals surface area contributed by atoms with Crippen LogP contribution in [0.3, 0.4) is 0 Å². The highest BCUT2D eigenvalue weighted by Gasteiger charge is 2.35. The second-order valence-electron chi connectivity index (χ2n) is 8.19. The standard InChI is InChI=1S/C24H25N3O4S2/c1-14-6-8-15(9-7-14)25-21(28)13-32-24-27-19-11-10-16(12-20(19)33-24)26-22(29)17-4-2-3-5-18(17)23(30)31/h6-12,17-18H,2-5,13H2,1H3,(H,25,28)(H,26,29)(H,30,31)/t17-,18+/m0/s1. The molecule has 9 heteroatoms. The van der Waals surface area contributed by atoms with Crippen molar-refractivity contribution in [1.82, 2.24) is 4.98 Å². The van der Waals surface area contributed by atoms with Crippen LogP contribution in [-0.2, 0) is 14.4 Å². The SMILES string of the molecule is Cc1ccc(NC(=O)CSc2nc3ccc(NC(=O)[C@H]4CCCC[C@H]4C(=O)O)cc3s2)cc1. The zero-order valence-corrected chi connectivity index (χ0v) is 19.8. The predicted octanol–water partition coefficient (Wildman–Crippen LogP) is 5.17. The minimum atomic E-state index is -0.902. The summed E-state index contributed by atoms with van der Waals surface area (Å²) < 4.78 is 1.67. The van der Waals surface area contributed by atoms with Crippen molar-refractivity contribution in [3.63, 3.8) is 0 Å². The molecule has 1 fully saturated rings. The molecule has 1 aliphatic carbocycles. The molecule has 1 saturated carbocycles. The molecule has 2 atom stereocenters. The second kappa shape index (κ2) is 10.4. The average molecular weight is 484 g/mol.